The Morgan fingerprint density at radius 2 is 2.55 bits per heavy atom. The Bertz CT molecular complexity index is 220. The van der Waals surface area contributed by atoms with Crippen molar-refractivity contribution >= 4 is 5.91 Å². The zero-order valence-corrected chi connectivity index (χ0v) is 6.20. The third kappa shape index (κ3) is 1.59. The van der Waals surface area contributed by atoms with Crippen LogP contribution < -0.4 is 11.1 Å². The number of nitrogens with one attached hydrogen (secondary N) is 1. The number of amides is 1. The molecule has 1 unspecified atom stereocenters. The maximum absolute atomic E-state index is 10.7. The Morgan fingerprint density at radius 1 is 1.82 bits per heavy atom. The largest absolute Gasteiger partial charge is 0.366 e. The first-order chi connectivity index (χ1) is 5.25. The molecule has 1 heterocycles. The summed E-state index contributed by atoms with van der Waals surface area (Å²) in [5.74, 6) is -0.464. The average molecular weight is 154 g/mol. The molecule has 0 aromatic rings. The number of carbonyl (C=O) groups excluding carboxylic acids is 1. The summed E-state index contributed by atoms with van der Waals surface area (Å²) in [4.78, 5) is 10.7. The van der Waals surface area contributed by atoms with Gasteiger partial charge in [0.2, 0.25) is 5.91 Å². The molecule has 0 fully saturated rings. The molecule has 0 saturated heterocycles. The first kappa shape index (κ1) is 7.81. The fourth-order valence-corrected chi connectivity index (χ4v) is 0.878. The quantitative estimate of drug-likeness (QED) is 0.563. The normalized spacial score (nSPS) is 22.3. The second-order valence-electron chi connectivity index (χ2n) is 2.13. The molecule has 1 rings (SSSR count). The maximum atomic E-state index is 10.7. The van der Waals surface area contributed by atoms with Gasteiger partial charge in [0.15, 0.2) is 6.23 Å². The highest BCUT2D eigenvalue weighted by atomic mass is 16.5. The summed E-state index contributed by atoms with van der Waals surface area (Å²) >= 11 is 0. The molecule has 60 valence electrons. The van der Waals surface area contributed by atoms with Crippen molar-refractivity contribution in [1.29, 1.82) is 0 Å². The SMILES string of the molecule is COC1NC=CC=C1C(N)=O. The lowest BCUT2D eigenvalue weighted by Crippen LogP contribution is -2.36. The molecule has 0 aliphatic carbocycles. The molecule has 1 amide bonds. The monoisotopic (exact) mass is 154 g/mol. The summed E-state index contributed by atoms with van der Waals surface area (Å²) < 4.78 is 4.93. The van der Waals surface area contributed by atoms with Crippen molar-refractivity contribution < 1.29 is 9.53 Å². The van der Waals surface area contributed by atoms with Crippen LogP contribution in [0.1, 0.15) is 0 Å². The van der Waals surface area contributed by atoms with Crippen LogP contribution in [0.2, 0.25) is 0 Å². The van der Waals surface area contributed by atoms with E-state index in [1.54, 1.807) is 18.4 Å². The second kappa shape index (κ2) is 3.21. The van der Waals surface area contributed by atoms with Gasteiger partial charge in [-0.1, -0.05) is 0 Å². The van der Waals surface area contributed by atoms with E-state index in [9.17, 15) is 4.79 Å². The van der Waals surface area contributed by atoms with Crippen LogP contribution >= 0.6 is 0 Å². The van der Waals surface area contributed by atoms with Gasteiger partial charge in [0, 0.05) is 7.11 Å². The van der Waals surface area contributed by atoms with Crippen molar-refractivity contribution in [2.24, 2.45) is 5.73 Å². The summed E-state index contributed by atoms with van der Waals surface area (Å²) in [5.41, 5.74) is 5.51. The summed E-state index contributed by atoms with van der Waals surface area (Å²) in [7, 11) is 1.51. The van der Waals surface area contributed by atoms with Gasteiger partial charge in [-0.2, -0.15) is 0 Å². The van der Waals surface area contributed by atoms with Crippen LogP contribution in [0.3, 0.4) is 0 Å². The summed E-state index contributed by atoms with van der Waals surface area (Å²) in [5, 5.41) is 2.83. The van der Waals surface area contributed by atoms with Crippen LogP contribution in [0.15, 0.2) is 23.9 Å². The van der Waals surface area contributed by atoms with E-state index in [1.165, 1.54) is 7.11 Å². The van der Waals surface area contributed by atoms with Crippen molar-refractivity contribution in [3.8, 4) is 0 Å². The second-order valence-corrected chi connectivity index (χ2v) is 2.13. The smallest absolute Gasteiger partial charge is 0.249 e. The highest BCUT2D eigenvalue weighted by Crippen LogP contribution is 2.06. The first-order valence-electron chi connectivity index (χ1n) is 3.21. The fourth-order valence-electron chi connectivity index (χ4n) is 0.878. The van der Waals surface area contributed by atoms with Crippen LogP contribution in [0, 0.1) is 0 Å². The van der Waals surface area contributed by atoms with E-state index in [1.807, 2.05) is 0 Å². The molecule has 1 aliphatic heterocycles. The maximum Gasteiger partial charge on any atom is 0.249 e. The highest BCUT2D eigenvalue weighted by molar-refractivity contribution is 5.93. The summed E-state index contributed by atoms with van der Waals surface area (Å²) in [6, 6.07) is 0. The number of rotatable bonds is 2. The zero-order chi connectivity index (χ0) is 8.27. The molecule has 0 aromatic heterocycles. The number of carbonyl (C=O) groups is 1. The standard InChI is InChI=1S/C7H10N2O2/c1-11-7-5(6(8)10)3-2-4-9-7/h2-4,7,9H,1H3,(H2,8,10). The van der Waals surface area contributed by atoms with Crippen LogP contribution in [-0.2, 0) is 9.53 Å². The minimum atomic E-state index is -0.464. The van der Waals surface area contributed by atoms with Crippen molar-refractivity contribution in [3.63, 3.8) is 0 Å². The number of methoxy groups -OCH3 is 1. The number of allylic oxidation sites excluding steroid dienone is 2. The topological polar surface area (TPSA) is 64.3 Å². The molecular weight excluding hydrogens is 144 g/mol. The van der Waals surface area contributed by atoms with Gasteiger partial charge in [-0.15, -0.1) is 0 Å². The highest BCUT2D eigenvalue weighted by Gasteiger charge is 2.17. The molecule has 0 saturated carbocycles. The minimum Gasteiger partial charge on any atom is -0.366 e. The van der Waals surface area contributed by atoms with Crippen LogP contribution in [-0.4, -0.2) is 19.2 Å². The Kier molecular flexibility index (Phi) is 2.28. The van der Waals surface area contributed by atoms with Gasteiger partial charge in [-0.25, -0.2) is 0 Å². The molecule has 1 atom stereocenters. The van der Waals surface area contributed by atoms with Gasteiger partial charge < -0.3 is 15.8 Å². The third-order valence-electron chi connectivity index (χ3n) is 1.42. The summed E-state index contributed by atoms with van der Waals surface area (Å²) in [6.07, 6.45) is 4.63. The molecule has 0 bridgehead atoms. The first-order valence-corrected chi connectivity index (χ1v) is 3.21. The van der Waals surface area contributed by atoms with Gasteiger partial charge in [0.1, 0.15) is 0 Å². The van der Waals surface area contributed by atoms with Gasteiger partial charge in [0.25, 0.3) is 0 Å². The van der Waals surface area contributed by atoms with Crippen molar-refractivity contribution in [3.05, 3.63) is 23.9 Å². The average Bonchev–Trinajstić information content (AvgIpc) is 2.04. The van der Waals surface area contributed by atoms with Gasteiger partial charge >= 0.3 is 0 Å². The molecule has 0 radical (unpaired) electrons. The van der Waals surface area contributed by atoms with Crippen LogP contribution in [0.25, 0.3) is 0 Å². The molecule has 4 heteroatoms. The number of dihydropyridines is 1. The molecular formula is C7H10N2O2. The van der Waals surface area contributed by atoms with E-state index < -0.39 is 12.1 Å². The Morgan fingerprint density at radius 3 is 3.00 bits per heavy atom. The predicted octanol–water partition coefficient (Wildman–Crippen LogP) is -0.512. The minimum absolute atomic E-state index is 0.405. The fraction of sp³-hybridized carbons (Fsp3) is 0.286. The Labute approximate surface area is 64.7 Å². The Hall–Kier alpha value is -1.29. The number of nitrogens with two attached hydrogens (primary N) is 1. The lowest BCUT2D eigenvalue weighted by atomic mass is 10.1. The van der Waals surface area contributed by atoms with E-state index in [2.05, 4.69) is 5.32 Å². The lowest BCUT2D eigenvalue weighted by Gasteiger charge is -2.18. The molecule has 1 aliphatic rings. The number of hydrogen-bond donors (Lipinski definition) is 2. The summed E-state index contributed by atoms with van der Waals surface area (Å²) in [6.45, 7) is 0. The molecule has 0 aromatic carbocycles. The predicted molar refractivity (Wildman–Crippen MR) is 40.4 cm³/mol. The van der Waals surface area contributed by atoms with Crippen LogP contribution in [0.4, 0.5) is 0 Å². The van der Waals surface area contributed by atoms with Gasteiger partial charge in [0.05, 0.1) is 5.57 Å². The van der Waals surface area contributed by atoms with Crippen molar-refractivity contribution in [1.82, 2.24) is 5.32 Å². The van der Waals surface area contributed by atoms with Crippen molar-refractivity contribution in [2.45, 2.75) is 6.23 Å². The Balaban J connectivity index is 2.78. The zero-order valence-electron chi connectivity index (χ0n) is 6.20. The number of ether oxygens (including phenoxy) is 1. The van der Waals surface area contributed by atoms with E-state index in [4.69, 9.17) is 10.5 Å². The van der Waals surface area contributed by atoms with Crippen LogP contribution in [0.5, 0.6) is 0 Å². The third-order valence-corrected chi connectivity index (χ3v) is 1.42. The van der Waals surface area contributed by atoms with Gasteiger partial charge in [-0.3, -0.25) is 4.79 Å². The molecule has 0 spiro atoms. The lowest BCUT2D eigenvalue weighted by molar-refractivity contribution is -0.115. The molecule has 11 heavy (non-hydrogen) atoms. The molecule has 3 N–H and O–H groups in total. The number of primary amides is 1. The van der Waals surface area contributed by atoms with Gasteiger partial charge in [-0.05, 0) is 18.4 Å². The van der Waals surface area contributed by atoms with Crippen molar-refractivity contribution in [2.75, 3.05) is 7.11 Å². The van der Waals surface area contributed by atoms with E-state index in [0.29, 0.717) is 5.57 Å². The molecule has 4 nitrogen and oxygen atoms in total. The van der Waals surface area contributed by atoms with E-state index in [-0.39, 0.29) is 0 Å². The number of hydrogen-bond acceptors (Lipinski definition) is 3. The van der Waals surface area contributed by atoms with E-state index >= 15 is 0 Å². The van der Waals surface area contributed by atoms with E-state index in [0.717, 1.165) is 0 Å².